The van der Waals surface area contributed by atoms with Gasteiger partial charge in [-0.05, 0) is 29.8 Å². The van der Waals surface area contributed by atoms with Crippen LogP contribution >= 0.6 is 0 Å². The Morgan fingerprint density at radius 2 is 2.04 bits per heavy atom. The van der Waals surface area contributed by atoms with Gasteiger partial charge < -0.3 is 14.6 Å². The van der Waals surface area contributed by atoms with Crippen molar-refractivity contribution in [2.24, 2.45) is 0 Å². The van der Waals surface area contributed by atoms with Crippen LogP contribution in [0.3, 0.4) is 0 Å². The Morgan fingerprint density at radius 1 is 1.26 bits per heavy atom. The number of halogens is 1. The number of ether oxygens (including phenoxy) is 1. The van der Waals surface area contributed by atoms with Crippen molar-refractivity contribution in [2.75, 3.05) is 33.3 Å². The third kappa shape index (κ3) is 3.53. The fraction of sp³-hybridized carbons (Fsp3) is 0.353. The summed E-state index contributed by atoms with van der Waals surface area (Å²) in [4.78, 5) is 19.3. The minimum atomic E-state index is -0.342. The molecule has 1 amide bonds. The number of piperazine rings is 1. The van der Waals surface area contributed by atoms with Crippen LogP contribution in [0.4, 0.5) is 4.39 Å². The summed E-state index contributed by atoms with van der Waals surface area (Å²) in [5.41, 5.74) is 1.53. The predicted molar refractivity (Wildman–Crippen MR) is 84.9 cm³/mol. The highest BCUT2D eigenvalue weighted by Gasteiger charge is 2.22. The number of aromatic nitrogens is 1. The topological polar surface area (TPSA) is 48.6 Å². The quantitative estimate of drug-likeness (QED) is 0.940. The van der Waals surface area contributed by atoms with Gasteiger partial charge in [0.05, 0.1) is 7.11 Å². The standard InChI is InChI=1S/C17H20FN3O2/c1-23-16-5-4-13(11-14(16)18)12-20-7-9-21(10-8-20)17(22)15-3-2-6-19-15/h2-6,11,19H,7-10,12H2,1H3. The van der Waals surface area contributed by atoms with E-state index in [1.165, 1.54) is 13.2 Å². The lowest BCUT2D eigenvalue weighted by molar-refractivity contribution is 0.0623. The summed E-state index contributed by atoms with van der Waals surface area (Å²) in [5, 5.41) is 0. The Morgan fingerprint density at radius 3 is 2.65 bits per heavy atom. The lowest BCUT2D eigenvalue weighted by Gasteiger charge is -2.34. The van der Waals surface area contributed by atoms with Crippen LogP contribution in [0.25, 0.3) is 0 Å². The Kier molecular flexibility index (Phi) is 4.62. The van der Waals surface area contributed by atoms with Crippen LogP contribution in [0.1, 0.15) is 16.1 Å². The highest BCUT2D eigenvalue weighted by Crippen LogP contribution is 2.19. The summed E-state index contributed by atoms with van der Waals surface area (Å²) in [6.07, 6.45) is 1.75. The van der Waals surface area contributed by atoms with Gasteiger partial charge in [0, 0.05) is 38.9 Å². The SMILES string of the molecule is COc1ccc(CN2CCN(C(=O)c3ccc[nH]3)CC2)cc1F. The zero-order chi connectivity index (χ0) is 16.2. The van der Waals surface area contributed by atoms with Crippen molar-refractivity contribution in [3.8, 4) is 5.75 Å². The molecule has 0 unspecified atom stereocenters. The molecular formula is C17H20FN3O2. The molecule has 1 aliphatic rings. The first kappa shape index (κ1) is 15.6. The zero-order valence-electron chi connectivity index (χ0n) is 13.1. The summed E-state index contributed by atoms with van der Waals surface area (Å²) in [6, 6.07) is 8.64. The molecule has 0 saturated carbocycles. The number of amides is 1. The van der Waals surface area contributed by atoms with E-state index in [4.69, 9.17) is 4.74 Å². The van der Waals surface area contributed by atoms with Crippen molar-refractivity contribution < 1.29 is 13.9 Å². The van der Waals surface area contributed by atoms with Crippen molar-refractivity contribution in [3.63, 3.8) is 0 Å². The molecule has 2 aromatic rings. The number of methoxy groups -OCH3 is 1. The zero-order valence-corrected chi connectivity index (χ0v) is 13.1. The molecule has 0 radical (unpaired) electrons. The average molecular weight is 317 g/mol. The van der Waals surface area contributed by atoms with Gasteiger partial charge in [-0.2, -0.15) is 0 Å². The van der Waals surface area contributed by atoms with E-state index in [9.17, 15) is 9.18 Å². The number of rotatable bonds is 4. The number of carbonyl (C=O) groups is 1. The fourth-order valence-electron chi connectivity index (χ4n) is 2.81. The highest BCUT2D eigenvalue weighted by atomic mass is 19.1. The molecule has 23 heavy (non-hydrogen) atoms. The number of aromatic amines is 1. The van der Waals surface area contributed by atoms with E-state index in [1.807, 2.05) is 17.0 Å². The summed E-state index contributed by atoms with van der Waals surface area (Å²) >= 11 is 0. The third-order valence-electron chi connectivity index (χ3n) is 4.11. The number of benzene rings is 1. The number of carbonyl (C=O) groups excluding carboxylic acids is 1. The smallest absolute Gasteiger partial charge is 0.270 e. The van der Waals surface area contributed by atoms with Crippen LogP contribution in [-0.4, -0.2) is 54.0 Å². The van der Waals surface area contributed by atoms with Crippen molar-refractivity contribution in [1.29, 1.82) is 0 Å². The maximum Gasteiger partial charge on any atom is 0.270 e. The Balaban J connectivity index is 1.55. The maximum atomic E-state index is 13.7. The second-order valence-corrected chi connectivity index (χ2v) is 5.62. The van der Waals surface area contributed by atoms with E-state index in [0.717, 1.165) is 18.7 Å². The van der Waals surface area contributed by atoms with Crippen LogP contribution in [0.2, 0.25) is 0 Å². The number of hydrogen-bond acceptors (Lipinski definition) is 3. The lowest BCUT2D eigenvalue weighted by Crippen LogP contribution is -2.48. The van der Waals surface area contributed by atoms with Crippen LogP contribution in [0.5, 0.6) is 5.75 Å². The molecule has 1 aromatic heterocycles. The normalized spacial score (nSPS) is 15.7. The summed E-state index contributed by atoms with van der Waals surface area (Å²) in [6.45, 7) is 3.58. The Hall–Kier alpha value is -2.34. The monoisotopic (exact) mass is 317 g/mol. The molecule has 122 valence electrons. The maximum absolute atomic E-state index is 13.7. The molecule has 3 rings (SSSR count). The molecule has 6 heteroatoms. The van der Waals surface area contributed by atoms with Crippen LogP contribution in [-0.2, 0) is 6.54 Å². The lowest BCUT2D eigenvalue weighted by atomic mass is 10.1. The van der Waals surface area contributed by atoms with Gasteiger partial charge in [-0.3, -0.25) is 9.69 Å². The largest absolute Gasteiger partial charge is 0.494 e. The first-order valence-electron chi connectivity index (χ1n) is 7.65. The van der Waals surface area contributed by atoms with Crippen molar-refractivity contribution in [2.45, 2.75) is 6.54 Å². The van der Waals surface area contributed by atoms with Gasteiger partial charge in [-0.1, -0.05) is 6.07 Å². The predicted octanol–water partition coefficient (Wildman–Crippen LogP) is 2.12. The van der Waals surface area contributed by atoms with E-state index >= 15 is 0 Å². The molecule has 2 heterocycles. The van der Waals surface area contributed by atoms with Gasteiger partial charge >= 0.3 is 0 Å². The van der Waals surface area contributed by atoms with E-state index in [2.05, 4.69) is 9.88 Å². The summed E-state index contributed by atoms with van der Waals surface area (Å²) < 4.78 is 18.7. The van der Waals surface area contributed by atoms with E-state index in [0.29, 0.717) is 25.3 Å². The number of H-pyrrole nitrogens is 1. The molecule has 1 fully saturated rings. The van der Waals surface area contributed by atoms with Crippen molar-refractivity contribution in [1.82, 2.24) is 14.8 Å². The summed E-state index contributed by atoms with van der Waals surface area (Å²) in [5.74, 6) is -0.0502. The van der Waals surface area contributed by atoms with Crippen LogP contribution in [0, 0.1) is 5.82 Å². The first-order valence-corrected chi connectivity index (χ1v) is 7.65. The fourth-order valence-corrected chi connectivity index (χ4v) is 2.81. The third-order valence-corrected chi connectivity index (χ3v) is 4.11. The number of hydrogen-bond donors (Lipinski definition) is 1. The van der Waals surface area contributed by atoms with Crippen molar-refractivity contribution in [3.05, 3.63) is 53.6 Å². The van der Waals surface area contributed by atoms with Crippen molar-refractivity contribution >= 4 is 5.91 Å². The second kappa shape index (κ2) is 6.83. The molecule has 1 aromatic carbocycles. The minimum absolute atomic E-state index is 0.0325. The molecule has 0 aliphatic carbocycles. The van der Waals surface area contributed by atoms with Gasteiger partial charge in [0.2, 0.25) is 0 Å². The molecule has 1 aliphatic heterocycles. The van der Waals surface area contributed by atoms with Crippen LogP contribution in [0.15, 0.2) is 36.5 Å². The van der Waals surface area contributed by atoms with Gasteiger partial charge in [0.25, 0.3) is 5.91 Å². The molecule has 0 spiro atoms. The summed E-state index contributed by atoms with van der Waals surface area (Å²) in [7, 11) is 1.46. The number of nitrogens with one attached hydrogen (secondary N) is 1. The molecule has 0 atom stereocenters. The Labute approximate surface area is 134 Å². The van der Waals surface area contributed by atoms with Gasteiger partial charge in [-0.15, -0.1) is 0 Å². The molecule has 0 bridgehead atoms. The number of nitrogens with zero attached hydrogens (tertiary/aromatic N) is 2. The van der Waals surface area contributed by atoms with Gasteiger partial charge in [0.15, 0.2) is 11.6 Å². The van der Waals surface area contributed by atoms with E-state index in [-0.39, 0.29) is 17.5 Å². The van der Waals surface area contributed by atoms with Gasteiger partial charge in [0.1, 0.15) is 5.69 Å². The van der Waals surface area contributed by atoms with Gasteiger partial charge in [-0.25, -0.2) is 4.39 Å². The molecular weight excluding hydrogens is 297 g/mol. The highest BCUT2D eigenvalue weighted by molar-refractivity contribution is 5.92. The second-order valence-electron chi connectivity index (χ2n) is 5.62. The van der Waals surface area contributed by atoms with E-state index < -0.39 is 0 Å². The molecule has 1 saturated heterocycles. The molecule has 1 N–H and O–H groups in total. The van der Waals surface area contributed by atoms with E-state index in [1.54, 1.807) is 18.3 Å². The first-order chi connectivity index (χ1) is 11.2. The van der Waals surface area contributed by atoms with Crippen LogP contribution < -0.4 is 4.74 Å². The Bertz CT molecular complexity index is 664. The molecule has 5 nitrogen and oxygen atoms in total. The average Bonchev–Trinajstić information content (AvgIpc) is 3.09. The minimum Gasteiger partial charge on any atom is -0.494 e.